The molecular formula is C15H21NO2. The fourth-order valence-electron chi connectivity index (χ4n) is 1.36. The molecule has 0 heterocycles. The summed E-state index contributed by atoms with van der Waals surface area (Å²) in [5.74, 6) is 0.722. The van der Waals surface area contributed by atoms with Gasteiger partial charge in [0.05, 0.1) is 7.11 Å². The molecule has 0 saturated heterocycles. The van der Waals surface area contributed by atoms with Crippen LogP contribution < -0.4 is 10.1 Å². The fraction of sp³-hybridized carbons (Fsp3) is 0.400. The molecule has 0 fully saturated rings. The van der Waals surface area contributed by atoms with Crippen LogP contribution in [0.5, 0.6) is 5.75 Å². The predicted molar refractivity (Wildman–Crippen MR) is 73.4 cm³/mol. The number of allylic oxidation sites excluding steroid dienone is 1. The molecule has 0 aliphatic heterocycles. The Balaban J connectivity index is 2.50. The van der Waals surface area contributed by atoms with Gasteiger partial charge >= 0.3 is 0 Å². The van der Waals surface area contributed by atoms with E-state index in [1.54, 1.807) is 13.2 Å². The van der Waals surface area contributed by atoms with E-state index in [9.17, 15) is 4.79 Å². The second kappa shape index (κ2) is 6.24. The van der Waals surface area contributed by atoms with Crippen molar-refractivity contribution in [2.75, 3.05) is 7.11 Å². The molecule has 1 aromatic rings. The van der Waals surface area contributed by atoms with Crippen molar-refractivity contribution in [3.05, 3.63) is 42.0 Å². The highest BCUT2D eigenvalue weighted by molar-refractivity contribution is 5.87. The number of hydrogen-bond donors (Lipinski definition) is 1. The van der Waals surface area contributed by atoms with Crippen molar-refractivity contribution in [1.82, 2.24) is 5.32 Å². The standard InChI is InChI=1S/C15H21NO2/c1-15(2,3)9-8-14(17)16-11-12-6-5-7-13(10-12)18-4/h5-10H,11H2,1-4H3,(H,16,17)/b9-8-. The molecule has 0 aliphatic carbocycles. The second-order valence-corrected chi connectivity index (χ2v) is 5.27. The van der Waals surface area contributed by atoms with Gasteiger partial charge in [-0.1, -0.05) is 39.0 Å². The van der Waals surface area contributed by atoms with E-state index < -0.39 is 0 Å². The molecule has 0 aliphatic rings. The van der Waals surface area contributed by atoms with Gasteiger partial charge in [-0.15, -0.1) is 0 Å². The van der Waals surface area contributed by atoms with Gasteiger partial charge in [-0.05, 0) is 29.2 Å². The zero-order valence-corrected chi connectivity index (χ0v) is 11.5. The molecule has 0 saturated carbocycles. The van der Waals surface area contributed by atoms with Crippen molar-refractivity contribution in [2.45, 2.75) is 27.3 Å². The van der Waals surface area contributed by atoms with Crippen LogP contribution in [-0.2, 0) is 11.3 Å². The molecule has 0 spiro atoms. The lowest BCUT2D eigenvalue weighted by atomic mass is 9.96. The molecule has 98 valence electrons. The first-order chi connectivity index (χ1) is 8.40. The molecule has 0 atom stereocenters. The zero-order valence-electron chi connectivity index (χ0n) is 11.5. The van der Waals surface area contributed by atoms with Gasteiger partial charge in [0, 0.05) is 6.54 Å². The van der Waals surface area contributed by atoms with Crippen LogP contribution >= 0.6 is 0 Å². The number of carbonyl (C=O) groups excluding carboxylic acids is 1. The number of nitrogens with one attached hydrogen (secondary N) is 1. The third-order valence-corrected chi connectivity index (χ3v) is 2.34. The van der Waals surface area contributed by atoms with Crippen LogP contribution in [0.1, 0.15) is 26.3 Å². The Kier molecular flexibility index (Phi) is 4.95. The van der Waals surface area contributed by atoms with Crippen LogP contribution in [0.15, 0.2) is 36.4 Å². The van der Waals surface area contributed by atoms with Crippen LogP contribution in [0, 0.1) is 5.41 Å². The van der Waals surface area contributed by atoms with E-state index in [2.05, 4.69) is 26.1 Å². The molecular weight excluding hydrogens is 226 g/mol. The summed E-state index contributed by atoms with van der Waals surface area (Å²) < 4.78 is 5.13. The number of ether oxygens (including phenoxy) is 1. The lowest BCUT2D eigenvalue weighted by molar-refractivity contribution is -0.116. The number of hydrogen-bond acceptors (Lipinski definition) is 2. The maximum absolute atomic E-state index is 11.6. The number of carbonyl (C=O) groups is 1. The quantitative estimate of drug-likeness (QED) is 0.831. The van der Waals surface area contributed by atoms with E-state index in [4.69, 9.17) is 4.74 Å². The van der Waals surface area contributed by atoms with E-state index >= 15 is 0 Å². The molecule has 0 bridgehead atoms. The topological polar surface area (TPSA) is 38.3 Å². The predicted octanol–water partition coefficient (Wildman–Crippen LogP) is 2.91. The summed E-state index contributed by atoms with van der Waals surface area (Å²) in [5.41, 5.74) is 1.04. The minimum atomic E-state index is -0.0762. The molecule has 0 radical (unpaired) electrons. The molecule has 1 rings (SSSR count). The highest BCUT2D eigenvalue weighted by Gasteiger charge is 2.05. The Morgan fingerprint density at radius 1 is 1.39 bits per heavy atom. The summed E-state index contributed by atoms with van der Waals surface area (Å²) in [6.45, 7) is 6.67. The average molecular weight is 247 g/mol. The molecule has 0 unspecified atom stereocenters. The third-order valence-electron chi connectivity index (χ3n) is 2.34. The van der Waals surface area contributed by atoms with E-state index in [-0.39, 0.29) is 11.3 Å². The summed E-state index contributed by atoms with van der Waals surface area (Å²) >= 11 is 0. The van der Waals surface area contributed by atoms with Gasteiger partial charge in [0.2, 0.25) is 5.91 Å². The maximum Gasteiger partial charge on any atom is 0.243 e. The SMILES string of the molecule is COc1cccc(CNC(=O)/C=C\C(C)(C)C)c1. The average Bonchev–Trinajstić information content (AvgIpc) is 2.33. The molecule has 3 nitrogen and oxygen atoms in total. The van der Waals surface area contributed by atoms with Crippen LogP contribution in [0.4, 0.5) is 0 Å². The second-order valence-electron chi connectivity index (χ2n) is 5.27. The van der Waals surface area contributed by atoms with Crippen molar-refractivity contribution in [3.63, 3.8) is 0 Å². The van der Waals surface area contributed by atoms with Crippen molar-refractivity contribution in [1.29, 1.82) is 0 Å². The van der Waals surface area contributed by atoms with Crippen LogP contribution in [-0.4, -0.2) is 13.0 Å². The minimum absolute atomic E-state index is 0.0211. The molecule has 0 aromatic heterocycles. The monoisotopic (exact) mass is 247 g/mol. The lowest BCUT2D eigenvalue weighted by Crippen LogP contribution is -2.20. The van der Waals surface area contributed by atoms with Crippen LogP contribution in [0.25, 0.3) is 0 Å². The molecule has 18 heavy (non-hydrogen) atoms. The first-order valence-corrected chi connectivity index (χ1v) is 6.01. The normalized spacial score (nSPS) is 11.6. The minimum Gasteiger partial charge on any atom is -0.497 e. The molecule has 1 aromatic carbocycles. The Morgan fingerprint density at radius 3 is 2.72 bits per heavy atom. The van der Waals surface area contributed by atoms with Crippen molar-refractivity contribution in [3.8, 4) is 5.75 Å². The fourth-order valence-corrected chi connectivity index (χ4v) is 1.36. The zero-order chi connectivity index (χ0) is 13.6. The first-order valence-electron chi connectivity index (χ1n) is 6.01. The van der Waals surface area contributed by atoms with E-state index in [0.29, 0.717) is 6.54 Å². The molecule has 1 N–H and O–H groups in total. The Labute approximate surface area is 109 Å². The van der Waals surface area contributed by atoms with Gasteiger partial charge < -0.3 is 10.1 Å². The summed E-state index contributed by atoms with van der Waals surface area (Å²) in [7, 11) is 1.63. The highest BCUT2D eigenvalue weighted by atomic mass is 16.5. The van der Waals surface area contributed by atoms with Gasteiger partial charge in [0.15, 0.2) is 0 Å². The number of amides is 1. The summed E-state index contributed by atoms with van der Waals surface area (Å²) in [5, 5.41) is 2.84. The maximum atomic E-state index is 11.6. The van der Waals surface area contributed by atoms with Crippen molar-refractivity contribution < 1.29 is 9.53 Å². The van der Waals surface area contributed by atoms with Crippen molar-refractivity contribution >= 4 is 5.91 Å². The van der Waals surface area contributed by atoms with Gasteiger partial charge in [0.1, 0.15) is 5.75 Å². The lowest BCUT2D eigenvalue weighted by Gasteiger charge is -2.11. The van der Waals surface area contributed by atoms with Crippen molar-refractivity contribution in [2.24, 2.45) is 5.41 Å². The molecule has 1 amide bonds. The highest BCUT2D eigenvalue weighted by Crippen LogP contribution is 2.14. The Morgan fingerprint density at radius 2 is 2.11 bits per heavy atom. The van der Waals surface area contributed by atoms with Gasteiger partial charge in [-0.2, -0.15) is 0 Å². The van der Waals surface area contributed by atoms with Crippen LogP contribution in [0.2, 0.25) is 0 Å². The summed E-state index contributed by atoms with van der Waals surface area (Å²) in [6.07, 6.45) is 3.48. The summed E-state index contributed by atoms with van der Waals surface area (Å²) in [4.78, 5) is 11.6. The third kappa shape index (κ3) is 5.53. The van der Waals surface area contributed by atoms with E-state index in [1.807, 2.05) is 30.3 Å². The number of benzene rings is 1. The summed E-state index contributed by atoms with van der Waals surface area (Å²) in [6, 6.07) is 7.65. The number of rotatable bonds is 4. The Hall–Kier alpha value is -1.77. The van der Waals surface area contributed by atoms with Crippen LogP contribution in [0.3, 0.4) is 0 Å². The molecule has 3 heteroatoms. The first kappa shape index (κ1) is 14.3. The van der Waals surface area contributed by atoms with E-state index in [0.717, 1.165) is 11.3 Å². The Bertz CT molecular complexity index is 430. The van der Waals surface area contributed by atoms with Gasteiger partial charge in [-0.3, -0.25) is 4.79 Å². The largest absolute Gasteiger partial charge is 0.497 e. The van der Waals surface area contributed by atoms with Gasteiger partial charge in [-0.25, -0.2) is 0 Å². The van der Waals surface area contributed by atoms with Gasteiger partial charge in [0.25, 0.3) is 0 Å². The smallest absolute Gasteiger partial charge is 0.243 e. The van der Waals surface area contributed by atoms with E-state index in [1.165, 1.54) is 0 Å². The number of methoxy groups -OCH3 is 1.